The number of rotatable bonds is 5. The first-order chi connectivity index (χ1) is 5.06. The maximum absolute atomic E-state index is 5.42. The number of ether oxygens (including phenoxy) is 1. The molecule has 11 heavy (non-hydrogen) atoms. The van der Waals surface area contributed by atoms with Crippen LogP contribution in [0.25, 0.3) is 0 Å². The molecular formula is C8H16O2Si. The van der Waals surface area contributed by atoms with E-state index in [1.165, 1.54) is 0 Å². The molecule has 0 saturated heterocycles. The standard InChI is InChI=1S/C8H16O2Si/c1-5-11-10-7-6-9-8(2,3)4/h5H,1,6-7H2,2-4H3. The molecule has 0 amide bonds. The minimum atomic E-state index is -0.0549. The Morgan fingerprint density at radius 1 is 1.36 bits per heavy atom. The van der Waals surface area contributed by atoms with Crippen molar-refractivity contribution in [2.75, 3.05) is 13.2 Å². The van der Waals surface area contributed by atoms with Crippen molar-refractivity contribution >= 4 is 9.76 Å². The van der Waals surface area contributed by atoms with Gasteiger partial charge in [0.15, 0.2) is 0 Å². The third kappa shape index (κ3) is 9.88. The molecule has 0 aromatic carbocycles. The molecule has 64 valence electrons. The summed E-state index contributed by atoms with van der Waals surface area (Å²) < 4.78 is 10.6. The topological polar surface area (TPSA) is 18.5 Å². The molecule has 0 heterocycles. The van der Waals surface area contributed by atoms with Crippen molar-refractivity contribution < 1.29 is 9.16 Å². The summed E-state index contributed by atoms with van der Waals surface area (Å²) in [4.78, 5) is 0. The molecule has 0 rings (SSSR count). The summed E-state index contributed by atoms with van der Waals surface area (Å²) in [5.41, 5.74) is 1.71. The second kappa shape index (κ2) is 5.52. The van der Waals surface area contributed by atoms with Crippen LogP contribution in [-0.2, 0) is 9.16 Å². The fourth-order valence-corrected chi connectivity index (χ4v) is 0.826. The fourth-order valence-electron chi connectivity index (χ4n) is 0.507. The van der Waals surface area contributed by atoms with Crippen LogP contribution in [0.3, 0.4) is 0 Å². The molecule has 2 nitrogen and oxygen atoms in total. The van der Waals surface area contributed by atoms with Crippen molar-refractivity contribution in [2.45, 2.75) is 26.4 Å². The highest BCUT2D eigenvalue weighted by atomic mass is 28.2. The Bertz CT molecular complexity index is 107. The molecule has 0 aromatic rings. The Morgan fingerprint density at radius 2 is 2.00 bits per heavy atom. The largest absolute Gasteiger partial charge is 0.410 e. The molecule has 0 fully saturated rings. The van der Waals surface area contributed by atoms with Crippen molar-refractivity contribution in [3.63, 3.8) is 0 Å². The molecule has 0 aliphatic heterocycles. The van der Waals surface area contributed by atoms with Gasteiger partial charge < -0.3 is 9.16 Å². The molecule has 0 atom stereocenters. The van der Waals surface area contributed by atoms with Gasteiger partial charge in [0, 0.05) is 0 Å². The van der Waals surface area contributed by atoms with Crippen molar-refractivity contribution in [2.24, 2.45) is 0 Å². The third-order valence-corrected chi connectivity index (χ3v) is 1.42. The smallest absolute Gasteiger partial charge is 0.260 e. The van der Waals surface area contributed by atoms with E-state index in [2.05, 4.69) is 6.58 Å². The average Bonchev–Trinajstić information content (AvgIpc) is 1.85. The second-order valence-corrected chi connectivity index (χ2v) is 4.06. The molecule has 0 saturated carbocycles. The van der Waals surface area contributed by atoms with Gasteiger partial charge in [-0.05, 0) is 20.8 Å². The van der Waals surface area contributed by atoms with E-state index < -0.39 is 0 Å². The second-order valence-electron chi connectivity index (χ2n) is 3.13. The van der Waals surface area contributed by atoms with E-state index in [4.69, 9.17) is 9.16 Å². The summed E-state index contributed by atoms with van der Waals surface area (Å²) in [5.74, 6) is 0. The van der Waals surface area contributed by atoms with Crippen molar-refractivity contribution in [3.05, 3.63) is 12.3 Å². The summed E-state index contributed by atoms with van der Waals surface area (Å²) in [6.07, 6.45) is 0. The number of hydrogen-bond donors (Lipinski definition) is 0. The lowest BCUT2D eigenvalue weighted by atomic mass is 10.2. The Kier molecular flexibility index (Phi) is 5.46. The van der Waals surface area contributed by atoms with Gasteiger partial charge in [0.1, 0.15) is 0 Å². The molecule has 0 N–H and O–H groups in total. The molecule has 0 bridgehead atoms. The van der Waals surface area contributed by atoms with Gasteiger partial charge >= 0.3 is 0 Å². The predicted molar refractivity (Wildman–Crippen MR) is 47.6 cm³/mol. The van der Waals surface area contributed by atoms with Crippen LogP contribution < -0.4 is 0 Å². The Hall–Kier alpha value is -0.123. The highest BCUT2D eigenvalue weighted by Gasteiger charge is 2.08. The lowest BCUT2D eigenvalue weighted by molar-refractivity contribution is -0.0158. The van der Waals surface area contributed by atoms with Gasteiger partial charge in [-0.1, -0.05) is 5.70 Å². The van der Waals surface area contributed by atoms with E-state index >= 15 is 0 Å². The predicted octanol–water partition coefficient (Wildman–Crippen LogP) is 1.58. The van der Waals surface area contributed by atoms with Crippen LogP contribution in [0.1, 0.15) is 20.8 Å². The lowest BCUT2D eigenvalue weighted by Crippen LogP contribution is -2.22. The fraction of sp³-hybridized carbons (Fsp3) is 0.750. The molecule has 0 unspecified atom stereocenters. The van der Waals surface area contributed by atoms with E-state index in [9.17, 15) is 0 Å². The average molecular weight is 172 g/mol. The van der Waals surface area contributed by atoms with Crippen LogP contribution in [0, 0.1) is 0 Å². The normalized spacial score (nSPS) is 11.5. The van der Waals surface area contributed by atoms with E-state index in [1.807, 2.05) is 20.8 Å². The van der Waals surface area contributed by atoms with E-state index in [-0.39, 0.29) is 5.60 Å². The molecule has 3 heteroatoms. The molecular weight excluding hydrogens is 156 g/mol. The van der Waals surface area contributed by atoms with Gasteiger partial charge in [-0.25, -0.2) is 0 Å². The van der Waals surface area contributed by atoms with E-state index in [0.29, 0.717) is 23.0 Å². The highest BCUT2D eigenvalue weighted by molar-refractivity contribution is 6.33. The zero-order valence-electron chi connectivity index (χ0n) is 7.52. The molecule has 0 aliphatic rings. The first-order valence-electron chi connectivity index (χ1n) is 3.68. The highest BCUT2D eigenvalue weighted by Crippen LogP contribution is 2.05. The molecule has 0 aliphatic carbocycles. The first kappa shape index (κ1) is 10.9. The van der Waals surface area contributed by atoms with Gasteiger partial charge in [-0.2, -0.15) is 0 Å². The Morgan fingerprint density at radius 3 is 2.45 bits per heavy atom. The van der Waals surface area contributed by atoms with Crippen molar-refractivity contribution in [1.82, 2.24) is 0 Å². The summed E-state index contributed by atoms with van der Waals surface area (Å²) >= 11 is 0. The number of hydrogen-bond acceptors (Lipinski definition) is 2. The zero-order valence-corrected chi connectivity index (χ0v) is 8.52. The van der Waals surface area contributed by atoms with Crippen LogP contribution >= 0.6 is 0 Å². The van der Waals surface area contributed by atoms with E-state index in [0.717, 1.165) is 0 Å². The Labute approximate surface area is 71.5 Å². The molecule has 0 spiro atoms. The minimum Gasteiger partial charge on any atom is -0.410 e. The summed E-state index contributed by atoms with van der Waals surface area (Å²) in [7, 11) is 0.392. The summed E-state index contributed by atoms with van der Waals surface area (Å²) in [6.45, 7) is 11.0. The minimum absolute atomic E-state index is 0.0549. The molecule has 2 radical (unpaired) electrons. The zero-order chi connectivity index (χ0) is 8.74. The van der Waals surface area contributed by atoms with E-state index in [1.54, 1.807) is 5.70 Å². The quantitative estimate of drug-likeness (QED) is 0.463. The van der Waals surface area contributed by atoms with Crippen LogP contribution in [0.5, 0.6) is 0 Å². The van der Waals surface area contributed by atoms with Crippen LogP contribution in [0.15, 0.2) is 12.3 Å². The SMILES string of the molecule is C=C[Si]OCCOC(C)(C)C. The van der Waals surface area contributed by atoms with Gasteiger partial charge in [0.25, 0.3) is 9.76 Å². The summed E-state index contributed by atoms with van der Waals surface area (Å²) in [5, 5.41) is 0. The maximum Gasteiger partial charge on any atom is 0.260 e. The lowest BCUT2D eigenvalue weighted by Gasteiger charge is -2.19. The monoisotopic (exact) mass is 172 g/mol. The van der Waals surface area contributed by atoms with Crippen LogP contribution in [0.4, 0.5) is 0 Å². The van der Waals surface area contributed by atoms with Gasteiger partial charge in [0.2, 0.25) is 0 Å². The van der Waals surface area contributed by atoms with Crippen LogP contribution in [0.2, 0.25) is 0 Å². The Balaban J connectivity index is 3.08. The van der Waals surface area contributed by atoms with Gasteiger partial charge in [0.05, 0.1) is 18.8 Å². The first-order valence-corrected chi connectivity index (χ1v) is 4.67. The third-order valence-electron chi connectivity index (χ3n) is 0.887. The van der Waals surface area contributed by atoms with Gasteiger partial charge in [-0.3, -0.25) is 0 Å². The molecule has 0 aromatic heterocycles. The van der Waals surface area contributed by atoms with Gasteiger partial charge in [-0.15, -0.1) is 6.58 Å². The maximum atomic E-state index is 5.42. The van der Waals surface area contributed by atoms with Crippen molar-refractivity contribution in [1.29, 1.82) is 0 Å². The summed E-state index contributed by atoms with van der Waals surface area (Å²) in [6, 6.07) is 0. The van der Waals surface area contributed by atoms with Crippen molar-refractivity contribution in [3.8, 4) is 0 Å². The van der Waals surface area contributed by atoms with Crippen LogP contribution in [-0.4, -0.2) is 28.6 Å².